The maximum Gasteiger partial charge on any atom is 0.411 e. The summed E-state index contributed by atoms with van der Waals surface area (Å²) in [5.74, 6) is 0. The van der Waals surface area contributed by atoms with Crippen LogP contribution in [0, 0.1) is 0 Å². The van der Waals surface area contributed by atoms with Crippen LogP contribution >= 0.6 is 0 Å². The molecular weight excluding hydrogens is 322 g/mol. The van der Waals surface area contributed by atoms with Gasteiger partial charge in [0, 0.05) is 0 Å². The lowest BCUT2D eigenvalue weighted by atomic mass is 10.0. The standard InChI is InChI=1S/C23H19NO2/c25-23(24-18-8-2-3-9-19(24)13-12-18)26-15-17-7-5-11-21-20-10-4-1-6-16(20)14-22(17)21/h1-13,18-19H,14-15H2. The summed E-state index contributed by atoms with van der Waals surface area (Å²) in [5.41, 5.74) is 6.26. The third kappa shape index (κ3) is 2.39. The minimum absolute atomic E-state index is 0.0201. The first-order chi connectivity index (χ1) is 12.8. The Balaban J connectivity index is 1.35. The largest absolute Gasteiger partial charge is 0.444 e. The van der Waals surface area contributed by atoms with Gasteiger partial charge in [0.15, 0.2) is 0 Å². The van der Waals surface area contributed by atoms with Gasteiger partial charge in [-0.25, -0.2) is 4.79 Å². The van der Waals surface area contributed by atoms with Crippen LogP contribution < -0.4 is 0 Å². The van der Waals surface area contributed by atoms with Gasteiger partial charge < -0.3 is 4.74 Å². The molecule has 2 unspecified atom stereocenters. The minimum Gasteiger partial charge on any atom is -0.444 e. The van der Waals surface area contributed by atoms with Gasteiger partial charge in [0.05, 0.1) is 12.1 Å². The number of rotatable bonds is 2. The van der Waals surface area contributed by atoms with Gasteiger partial charge in [0.2, 0.25) is 0 Å². The summed E-state index contributed by atoms with van der Waals surface area (Å²) in [6.45, 7) is 0.305. The molecule has 0 saturated carbocycles. The Kier molecular flexibility index (Phi) is 3.52. The molecule has 2 aromatic rings. The zero-order valence-corrected chi connectivity index (χ0v) is 14.3. The normalized spacial score (nSPS) is 21.5. The molecule has 0 spiro atoms. The number of hydrogen-bond acceptors (Lipinski definition) is 2. The second kappa shape index (κ2) is 6.03. The Labute approximate surface area is 152 Å². The van der Waals surface area contributed by atoms with Crippen LogP contribution in [0.3, 0.4) is 0 Å². The first-order valence-corrected chi connectivity index (χ1v) is 8.99. The van der Waals surface area contributed by atoms with Crippen molar-refractivity contribution in [2.45, 2.75) is 25.1 Å². The predicted octanol–water partition coefficient (Wildman–Crippen LogP) is 4.63. The van der Waals surface area contributed by atoms with Gasteiger partial charge in [0.25, 0.3) is 0 Å². The number of amides is 1. The highest BCUT2D eigenvalue weighted by atomic mass is 16.6. The summed E-state index contributed by atoms with van der Waals surface area (Å²) in [5, 5.41) is 0. The molecule has 3 aliphatic rings. The maximum absolute atomic E-state index is 12.7. The quantitative estimate of drug-likeness (QED) is 0.636. The van der Waals surface area contributed by atoms with E-state index in [1.165, 1.54) is 22.3 Å². The molecule has 0 N–H and O–H groups in total. The average Bonchev–Trinajstić information content (AvgIpc) is 3.16. The lowest BCUT2D eigenvalue weighted by Gasteiger charge is -2.26. The highest BCUT2D eigenvalue weighted by molar-refractivity contribution is 5.78. The molecule has 0 aromatic heterocycles. The molecule has 2 aliphatic heterocycles. The van der Waals surface area contributed by atoms with Crippen molar-refractivity contribution in [3.63, 3.8) is 0 Å². The number of nitrogens with zero attached hydrogens (tertiary/aromatic N) is 1. The van der Waals surface area contributed by atoms with Crippen LogP contribution in [0.25, 0.3) is 11.1 Å². The van der Waals surface area contributed by atoms with Crippen molar-refractivity contribution in [3.8, 4) is 11.1 Å². The van der Waals surface area contributed by atoms with Crippen LogP contribution in [-0.4, -0.2) is 23.1 Å². The lowest BCUT2D eigenvalue weighted by Crippen LogP contribution is -2.40. The molecule has 1 amide bonds. The van der Waals surface area contributed by atoms with Crippen LogP contribution in [0.2, 0.25) is 0 Å². The highest BCUT2D eigenvalue weighted by Gasteiger charge is 2.32. The third-order valence-corrected chi connectivity index (χ3v) is 5.39. The van der Waals surface area contributed by atoms with E-state index >= 15 is 0 Å². The lowest BCUT2D eigenvalue weighted by molar-refractivity contribution is 0.0929. The van der Waals surface area contributed by atoms with E-state index in [-0.39, 0.29) is 18.2 Å². The average molecular weight is 341 g/mol. The number of allylic oxidation sites excluding steroid dienone is 2. The third-order valence-electron chi connectivity index (χ3n) is 5.39. The molecule has 0 radical (unpaired) electrons. The Morgan fingerprint density at radius 3 is 2.46 bits per heavy atom. The van der Waals surface area contributed by atoms with Gasteiger partial charge >= 0.3 is 6.09 Å². The summed E-state index contributed by atoms with van der Waals surface area (Å²) in [4.78, 5) is 14.5. The molecule has 2 heterocycles. The first-order valence-electron chi connectivity index (χ1n) is 8.99. The van der Waals surface area contributed by atoms with E-state index in [0.29, 0.717) is 6.61 Å². The summed E-state index contributed by atoms with van der Waals surface area (Å²) < 4.78 is 5.71. The molecule has 3 nitrogen and oxygen atoms in total. The zero-order chi connectivity index (χ0) is 17.5. The molecule has 1 aliphatic carbocycles. The van der Waals surface area contributed by atoms with Crippen molar-refractivity contribution in [2.75, 3.05) is 0 Å². The van der Waals surface area contributed by atoms with Gasteiger partial charge in [-0.3, -0.25) is 4.90 Å². The van der Waals surface area contributed by atoms with Crippen molar-refractivity contribution in [3.05, 3.63) is 95.6 Å². The number of carbonyl (C=O) groups is 1. The van der Waals surface area contributed by atoms with Crippen LogP contribution in [0.4, 0.5) is 4.79 Å². The summed E-state index contributed by atoms with van der Waals surface area (Å²) in [6, 6.07) is 14.7. The number of carbonyl (C=O) groups excluding carboxylic acids is 1. The molecule has 5 rings (SSSR count). The van der Waals surface area contributed by atoms with Gasteiger partial charge in [-0.15, -0.1) is 0 Å². The van der Waals surface area contributed by atoms with Gasteiger partial charge in [-0.1, -0.05) is 78.9 Å². The molecule has 2 aromatic carbocycles. The zero-order valence-electron chi connectivity index (χ0n) is 14.3. The van der Waals surface area contributed by atoms with E-state index in [0.717, 1.165) is 12.0 Å². The fourth-order valence-corrected chi connectivity index (χ4v) is 4.10. The smallest absolute Gasteiger partial charge is 0.411 e. The number of benzene rings is 2. The molecule has 26 heavy (non-hydrogen) atoms. The van der Waals surface area contributed by atoms with Crippen LogP contribution in [0.15, 0.2) is 78.9 Å². The van der Waals surface area contributed by atoms with Gasteiger partial charge in [-0.2, -0.15) is 0 Å². The van der Waals surface area contributed by atoms with Crippen LogP contribution in [0.5, 0.6) is 0 Å². The van der Waals surface area contributed by atoms with Gasteiger partial charge in [0.1, 0.15) is 6.61 Å². The molecular formula is C23H19NO2. The number of ether oxygens (including phenoxy) is 1. The minimum atomic E-state index is -0.269. The Morgan fingerprint density at radius 2 is 1.65 bits per heavy atom. The number of fused-ring (bicyclic) bond motifs is 5. The summed E-state index contributed by atoms with van der Waals surface area (Å²) >= 11 is 0. The Hall–Kier alpha value is -3.07. The fraction of sp³-hybridized carbons (Fsp3) is 0.174. The first kappa shape index (κ1) is 15.2. The Morgan fingerprint density at radius 1 is 0.923 bits per heavy atom. The van der Waals surface area contributed by atoms with E-state index in [2.05, 4.69) is 36.4 Å². The second-order valence-corrected chi connectivity index (χ2v) is 6.87. The van der Waals surface area contributed by atoms with Crippen molar-refractivity contribution < 1.29 is 9.53 Å². The van der Waals surface area contributed by atoms with E-state index in [1.54, 1.807) is 4.90 Å². The van der Waals surface area contributed by atoms with Crippen LogP contribution in [-0.2, 0) is 17.8 Å². The molecule has 0 fully saturated rings. The monoisotopic (exact) mass is 341 g/mol. The number of hydrogen-bond donors (Lipinski definition) is 0. The van der Waals surface area contributed by atoms with Gasteiger partial charge in [-0.05, 0) is 34.2 Å². The second-order valence-electron chi connectivity index (χ2n) is 6.87. The molecule has 3 heteroatoms. The maximum atomic E-state index is 12.7. The fourth-order valence-electron chi connectivity index (χ4n) is 4.10. The van der Waals surface area contributed by atoms with Crippen molar-refractivity contribution >= 4 is 6.09 Å². The van der Waals surface area contributed by atoms with E-state index in [4.69, 9.17) is 4.74 Å². The van der Waals surface area contributed by atoms with Crippen molar-refractivity contribution in [1.82, 2.24) is 4.90 Å². The SMILES string of the molecule is O=C(OCc1cccc2c1Cc1ccccc1-2)N1C2C=CC=CC1C=C2. The summed E-state index contributed by atoms with van der Waals surface area (Å²) in [7, 11) is 0. The van der Waals surface area contributed by atoms with Crippen LogP contribution in [0.1, 0.15) is 16.7 Å². The van der Waals surface area contributed by atoms with E-state index in [9.17, 15) is 4.79 Å². The van der Waals surface area contributed by atoms with E-state index in [1.807, 2.05) is 42.5 Å². The molecule has 0 saturated heterocycles. The molecule has 2 bridgehead atoms. The van der Waals surface area contributed by atoms with Crippen molar-refractivity contribution in [2.24, 2.45) is 0 Å². The molecule has 128 valence electrons. The van der Waals surface area contributed by atoms with E-state index < -0.39 is 0 Å². The topological polar surface area (TPSA) is 29.5 Å². The predicted molar refractivity (Wildman–Crippen MR) is 102 cm³/mol. The van der Waals surface area contributed by atoms with Crippen molar-refractivity contribution in [1.29, 1.82) is 0 Å². The summed E-state index contributed by atoms with van der Waals surface area (Å²) in [6.07, 6.45) is 12.7. The molecule has 2 atom stereocenters. The Bertz CT molecular complexity index is 948. The highest BCUT2D eigenvalue weighted by Crippen LogP contribution is 2.38.